The van der Waals surface area contributed by atoms with Gasteiger partial charge in [0.05, 0.1) is 18.7 Å². The van der Waals surface area contributed by atoms with Crippen LogP contribution in [0.1, 0.15) is 43.6 Å². The topological polar surface area (TPSA) is 222 Å². The number of nitrogens with one attached hydrogen (secondary N) is 3. The molecule has 0 radical (unpaired) electrons. The predicted molar refractivity (Wildman–Crippen MR) is 131 cm³/mol. The lowest BCUT2D eigenvalue weighted by Crippen LogP contribution is -2.51. The van der Waals surface area contributed by atoms with Crippen molar-refractivity contribution in [1.29, 1.82) is 0 Å². The van der Waals surface area contributed by atoms with Crippen molar-refractivity contribution in [1.82, 2.24) is 25.8 Å². The van der Waals surface area contributed by atoms with E-state index in [0.29, 0.717) is 12.2 Å². The van der Waals surface area contributed by atoms with Crippen LogP contribution in [-0.2, 0) is 22.6 Å². The number of amides is 3. The van der Waals surface area contributed by atoms with Crippen molar-refractivity contribution in [3.63, 3.8) is 0 Å². The van der Waals surface area contributed by atoms with Gasteiger partial charge in [-0.25, -0.2) is 9.59 Å². The minimum atomic E-state index is -1.43. The van der Waals surface area contributed by atoms with Crippen LogP contribution in [-0.4, -0.2) is 55.4 Å². The number of aliphatic carboxylic acids is 1. The highest BCUT2D eigenvalue weighted by atomic mass is 16.5. The lowest BCUT2D eigenvalue weighted by atomic mass is 10.0. The van der Waals surface area contributed by atoms with Gasteiger partial charge >= 0.3 is 12.0 Å². The largest absolute Gasteiger partial charge is 0.480 e. The van der Waals surface area contributed by atoms with Gasteiger partial charge in [0, 0.05) is 24.0 Å². The molecule has 0 aliphatic rings. The van der Waals surface area contributed by atoms with Crippen LogP contribution in [0.25, 0.3) is 10.9 Å². The first-order valence-electron chi connectivity index (χ1n) is 10.8. The van der Waals surface area contributed by atoms with Crippen molar-refractivity contribution in [2.75, 3.05) is 0 Å². The first-order chi connectivity index (χ1) is 17.1. The summed E-state index contributed by atoms with van der Waals surface area (Å²) in [7, 11) is 0. The van der Waals surface area contributed by atoms with Gasteiger partial charge in [0.15, 0.2) is 11.9 Å². The molecule has 3 aromatic rings. The van der Waals surface area contributed by atoms with Crippen LogP contribution >= 0.6 is 0 Å². The summed E-state index contributed by atoms with van der Waals surface area (Å²) in [5, 5.41) is 27.9. The number of nitrogens with two attached hydrogens (primary N) is 2. The van der Waals surface area contributed by atoms with Crippen molar-refractivity contribution in [2.24, 2.45) is 11.5 Å². The number of urea groups is 1. The molecule has 194 valence electrons. The number of hydrogen-bond donors (Lipinski definition) is 7. The number of carboxylic acids is 1. The Balaban J connectivity index is 0.000000982. The summed E-state index contributed by atoms with van der Waals surface area (Å²) in [5.74, 6) is -1.23. The maximum Gasteiger partial charge on any atom is 0.328 e. The molecular weight excluding hydrogens is 470 g/mol. The number of carbonyl (C=O) groups excluding carboxylic acids is 2. The molecule has 1 aromatic carbocycles. The molecule has 0 fully saturated rings. The number of aromatic nitrogens is 3. The number of carboxylic acid groups (broad SMARTS) is 1. The molecular formula is C23H31N7O6. The zero-order chi connectivity index (χ0) is 27.3. The number of hydrogen-bond acceptors (Lipinski definition) is 8. The molecule has 2 heterocycles. The number of nitrogens with zero attached hydrogens (tertiary/aromatic N) is 2. The summed E-state index contributed by atoms with van der Waals surface area (Å²) in [4.78, 5) is 39.4. The fourth-order valence-electron chi connectivity index (χ4n) is 3.01. The van der Waals surface area contributed by atoms with Crippen molar-refractivity contribution in [2.45, 2.75) is 51.4 Å². The van der Waals surface area contributed by atoms with E-state index in [2.05, 4.69) is 44.3 Å². The molecule has 0 spiro atoms. The van der Waals surface area contributed by atoms with E-state index in [1.54, 1.807) is 0 Å². The van der Waals surface area contributed by atoms with Gasteiger partial charge in [0.25, 0.3) is 0 Å². The van der Waals surface area contributed by atoms with Gasteiger partial charge in [-0.1, -0.05) is 23.4 Å². The fraction of sp³-hybridized carbons (Fsp3) is 0.348. The molecule has 3 rings (SSSR count). The molecule has 2 unspecified atom stereocenters. The van der Waals surface area contributed by atoms with E-state index in [0.717, 1.165) is 22.9 Å². The monoisotopic (exact) mass is 501 g/mol. The number of benzene rings is 1. The average molecular weight is 502 g/mol. The van der Waals surface area contributed by atoms with Gasteiger partial charge in [-0.2, -0.15) is 4.98 Å². The normalized spacial score (nSPS) is 12.6. The Morgan fingerprint density at radius 3 is 2.50 bits per heavy atom. The van der Waals surface area contributed by atoms with Gasteiger partial charge in [-0.15, -0.1) is 12.8 Å². The second-order valence-corrected chi connectivity index (χ2v) is 7.55. The Morgan fingerprint density at radius 1 is 1.25 bits per heavy atom. The number of para-hydroxylation sites is 1. The lowest BCUT2D eigenvalue weighted by Gasteiger charge is -2.16. The lowest BCUT2D eigenvalue weighted by molar-refractivity contribution is -0.141. The summed E-state index contributed by atoms with van der Waals surface area (Å²) in [5.41, 5.74) is 12.9. The molecule has 0 bridgehead atoms. The maximum atomic E-state index is 11.8. The van der Waals surface area contributed by atoms with E-state index in [-0.39, 0.29) is 18.3 Å². The SMILES string of the molecule is C#C.CC(N)=O.CC(O)C(NC(=O)NCc1nc([C@@H](N)CCc2c[nH]c3ccccc23)no1)C(=O)O. The van der Waals surface area contributed by atoms with Crippen molar-refractivity contribution < 1.29 is 29.1 Å². The molecule has 2 aromatic heterocycles. The second kappa shape index (κ2) is 14.8. The van der Waals surface area contributed by atoms with Gasteiger partial charge in [0.2, 0.25) is 11.8 Å². The highest BCUT2D eigenvalue weighted by molar-refractivity contribution is 5.83. The minimum Gasteiger partial charge on any atom is -0.480 e. The zero-order valence-corrected chi connectivity index (χ0v) is 20.0. The Hall–Kier alpha value is -4.41. The molecule has 3 atom stereocenters. The van der Waals surface area contributed by atoms with Crippen LogP contribution in [0.3, 0.4) is 0 Å². The number of primary amides is 1. The summed E-state index contributed by atoms with van der Waals surface area (Å²) in [6.45, 7) is 2.46. The minimum absolute atomic E-state index is 0.111. The van der Waals surface area contributed by atoms with Gasteiger partial charge in [-0.05, 0) is 31.4 Å². The summed E-state index contributed by atoms with van der Waals surface area (Å²) in [6.07, 6.45) is 10.0. The highest BCUT2D eigenvalue weighted by Crippen LogP contribution is 2.21. The summed E-state index contributed by atoms with van der Waals surface area (Å²) in [6, 6.07) is 5.34. The summed E-state index contributed by atoms with van der Waals surface area (Å²) >= 11 is 0. The maximum absolute atomic E-state index is 11.8. The van der Waals surface area contributed by atoms with Crippen LogP contribution < -0.4 is 22.1 Å². The Labute approximate surface area is 207 Å². The highest BCUT2D eigenvalue weighted by Gasteiger charge is 2.25. The summed E-state index contributed by atoms with van der Waals surface area (Å²) < 4.78 is 5.09. The number of aliphatic hydroxyl groups excluding tert-OH is 1. The standard InChI is InChI=1S/C19H24N6O5.C2H5NO.C2H2/c1-10(26)16(18(27)28)24-19(29)22-9-15-23-17(25-30-15)13(20)7-6-11-8-21-14-5-3-2-4-12(11)14;1-2(3)4;1-2/h2-5,8,10,13,16,21,26H,6-7,9,20H2,1H3,(H,27,28)(H2,22,24,29);1H3,(H2,3,4);1-2H/t10?,13-,16?;;/m0../s1. The third-order valence-corrected chi connectivity index (χ3v) is 4.65. The third-order valence-electron chi connectivity index (χ3n) is 4.65. The van der Waals surface area contributed by atoms with Crippen molar-refractivity contribution in [3.05, 3.63) is 47.7 Å². The first-order valence-corrected chi connectivity index (χ1v) is 10.8. The molecule has 0 saturated carbocycles. The number of fused-ring (bicyclic) bond motifs is 1. The van der Waals surface area contributed by atoms with E-state index in [9.17, 15) is 19.5 Å². The Kier molecular flexibility index (Phi) is 12.1. The molecule has 0 aliphatic heterocycles. The smallest absolute Gasteiger partial charge is 0.328 e. The van der Waals surface area contributed by atoms with E-state index in [4.69, 9.17) is 15.4 Å². The molecule has 9 N–H and O–H groups in total. The third kappa shape index (κ3) is 9.45. The quantitative estimate of drug-likeness (QED) is 0.203. The molecule has 0 aliphatic carbocycles. The molecule has 3 amide bonds. The number of aromatic amines is 1. The molecule has 0 saturated heterocycles. The van der Waals surface area contributed by atoms with E-state index < -0.39 is 30.2 Å². The van der Waals surface area contributed by atoms with Crippen LogP contribution in [0.4, 0.5) is 4.79 Å². The van der Waals surface area contributed by atoms with Crippen LogP contribution in [0.2, 0.25) is 0 Å². The molecule has 36 heavy (non-hydrogen) atoms. The number of H-pyrrole nitrogens is 1. The number of aryl methyl sites for hydroxylation is 1. The Morgan fingerprint density at radius 2 is 1.89 bits per heavy atom. The average Bonchev–Trinajstić information content (AvgIpc) is 3.47. The van der Waals surface area contributed by atoms with Crippen molar-refractivity contribution in [3.8, 4) is 12.8 Å². The van der Waals surface area contributed by atoms with Gasteiger partial charge in [0.1, 0.15) is 0 Å². The first kappa shape index (κ1) is 29.6. The van der Waals surface area contributed by atoms with Crippen molar-refractivity contribution >= 4 is 28.8 Å². The molecule has 13 nitrogen and oxygen atoms in total. The van der Waals surface area contributed by atoms with Crippen LogP contribution in [0, 0.1) is 12.8 Å². The van der Waals surface area contributed by atoms with Crippen LogP contribution in [0.15, 0.2) is 35.0 Å². The number of terminal acetylenes is 1. The van der Waals surface area contributed by atoms with Gasteiger partial charge in [-0.3, -0.25) is 4.79 Å². The predicted octanol–water partition coefficient (Wildman–Crippen LogP) is 0.558. The van der Waals surface area contributed by atoms with Gasteiger partial charge < -0.3 is 41.8 Å². The molecule has 13 heteroatoms. The van der Waals surface area contributed by atoms with E-state index >= 15 is 0 Å². The van der Waals surface area contributed by atoms with E-state index in [1.807, 2.05) is 30.5 Å². The number of aliphatic hydroxyl groups is 1. The van der Waals surface area contributed by atoms with E-state index in [1.165, 1.54) is 13.8 Å². The van der Waals surface area contributed by atoms with Crippen LogP contribution in [0.5, 0.6) is 0 Å². The second-order valence-electron chi connectivity index (χ2n) is 7.55. The number of carbonyl (C=O) groups is 3. The number of rotatable bonds is 9. The Bertz CT molecular complexity index is 1150. The fourth-order valence-corrected chi connectivity index (χ4v) is 3.01. The zero-order valence-electron chi connectivity index (χ0n) is 20.0.